The lowest BCUT2D eigenvalue weighted by Crippen LogP contribution is -2.35. The molecular weight excluding hydrogens is 543 g/mol. The number of hydrogen-bond donors (Lipinski definition) is 4. The molecule has 0 bridgehead atoms. The number of fused-ring (bicyclic) bond motifs is 1. The van der Waals surface area contributed by atoms with Crippen molar-refractivity contribution >= 4 is 34.0 Å². The number of likely N-dealkylation sites (N-methyl/N-ethyl adjacent to an activating group) is 1. The molecule has 4 rings (SSSR count). The zero-order valence-corrected chi connectivity index (χ0v) is 23.3. The van der Waals surface area contributed by atoms with Crippen molar-refractivity contribution in [2.45, 2.75) is 45.2 Å². The third-order valence-electron chi connectivity index (χ3n) is 7.31. The van der Waals surface area contributed by atoms with Gasteiger partial charge >= 0.3 is 5.97 Å². The molecule has 4 aromatic rings. The van der Waals surface area contributed by atoms with Gasteiger partial charge in [0.1, 0.15) is 23.3 Å². The fourth-order valence-electron chi connectivity index (χ4n) is 5.00. The number of carbonyl (C=O) groups excluding carboxylic acids is 1. The summed E-state index contributed by atoms with van der Waals surface area (Å²) in [6.45, 7) is 3.80. The number of hydrogen-bond acceptors (Lipinski definition) is 7. The average molecular weight is 575 g/mol. The van der Waals surface area contributed by atoms with Crippen LogP contribution >= 0.6 is 0 Å². The number of carboxylic acid groups (broad SMARTS) is 1. The van der Waals surface area contributed by atoms with Gasteiger partial charge in [-0.3, -0.25) is 14.4 Å². The van der Waals surface area contributed by atoms with Crippen LogP contribution in [0.25, 0.3) is 10.8 Å². The highest BCUT2D eigenvalue weighted by atomic mass is 19.1. The summed E-state index contributed by atoms with van der Waals surface area (Å²) in [5, 5.41) is 25.7. The topological polar surface area (TPSA) is 152 Å². The predicted octanol–water partition coefficient (Wildman–Crippen LogP) is 5.86. The van der Waals surface area contributed by atoms with Gasteiger partial charge in [-0.25, -0.2) is 4.39 Å². The van der Waals surface area contributed by atoms with Crippen LogP contribution in [-0.2, 0) is 16.1 Å². The minimum absolute atomic E-state index is 0.0243. The van der Waals surface area contributed by atoms with Crippen molar-refractivity contribution in [3.8, 4) is 5.75 Å². The monoisotopic (exact) mass is 574 g/mol. The molecule has 0 saturated carbocycles. The Morgan fingerprint density at radius 2 is 1.86 bits per heavy atom. The number of phenolic OH excluding ortho intramolecular Hbond substituents is 1. The molecule has 2 atom stereocenters. The first-order valence-electron chi connectivity index (χ1n) is 13.3. The van der Waals surface area contributed by atoms with Gasteiger partial charge in [0.2, 0.25) is 5.91 Å². The van der Waals surface area contributed by atoms with Crippen molar-refractivity contribution in [2.75, 3.05) is 12.4 Å². The molecule has 3 aromatic carbocycles. The molecule has 0 radical (unpaired) electrons. The molecule has 1 aromatic heterocycles. The molecule has 0 aliphatic heterocycles. The maximum atomic E-state index is 14.3. The van der Waals surface area contributed by atoms with E-state index in [1.165, 1.54) is 35.2 Å². The van der Waals surface area contributed by atoms with E-state index in [1.54, 1.807) is 19.2 Å². The minimum Gasteiger partial charge on any atom is -0.508 e. The SMILES string of the molecule is Cc1cc(C(Nc2ccc3c(F)c[nH]c(=O)c3c2)C(=O)N(C)Cc2cc(N=O)ccc2O)ccc1[C@@H](C)CCC(=O)O. The number of carboxylic acids is 1. The van der Waals surface area contributed by atoms with Crippen LogP contribution in [0.2, 0.25) is 0 Å². The lowest BCUT2D eigenvalue weighted by molar-refractivity contribution is -0.137. The zero-order valence-electron chi connectivity index (χ0n) is 23.3. The minimum atomic E-state index is -0.961. The molecule has 10 nitrogen and oxygen atoms in total. The van der Waals surface area contributed by atoms with Gasteiger partial charge in [-0.1, -0.05) is 25.1 Å². The Kier molecular flexibility index (Phi) is 8.99. The van der Waals surface area contributed by atoms with E-state index in [2.05, 4.69) is 15.5 Å². The van der Waals surface area contributed by atoms with E-state index in [1.807, 2.05) is 26.0 Å². The number of halogens is 1. The second-order valence-corrected chi connectivity index (χ2v) is 10.4. The summed E-state index contributed by atoms with van der Waals surface area (Å²) in [7, 11) is 1.55. The van der Waals surface area contributed by atoms with Crippen molar-refractivity contribution in [1.29, 1.82) is 0 Å². The van der Waals surface area contributed by atoms with Crippen molar-refractivity contribution in [3.63, 3.8) is 0 Å². The number of nitroso groups, excluding NO2 is 1. The Morgan fingerprint density at radius 3 is 2.55 bits per heavy atom. The smallest absolute Gasteiger partial charge is 0.303 e. The first-order chi connectivity index (χ1) is 20.0. The molecule has 218 valence electrons. The van der Waals surface area contributed by atoms with E-state index in [-0.39, 0.29) is 41.1 Å². The maximum absolute atomic E-state index is 14.3. The number of aromatic hydroxyl groups is 1. The van der Waals surface area contributed by atoms with Crippen LogP contribution in [-0.4, -0.2) is 39.0 Å². The molecular formula is C31H31FN4O6. The standard InChI is InChI=1S/C31H31FN4O6/c1-17(4-11-28(38)39)23-8-5-19(12-18(23)2)29(31(41)36(3)16-20-13-22(35-42)7-10-27(20)37)34-21-6-9-24-25(14-21)30(40)33-15-26(24)32/h5-10,12-15,17,29,34,37H,4,11,16H2,1-3H3,(H,33,40)(H,38,39)/t17-,29?/m0/s1. The van der Waals surface area contributed by atoms with Crippen LogP contribution in [0.4, 0.5) is 15.8 Å². The summed E-state index contributed by atoms with van der Waals surface area (Å²) in [5.74, 6) is -1.97. The molecule has 0 saturated heterocycles. The highest BCUT2D eigenvalue weighted by molar-refractivity contribution is 5.89. The number of aromatic amines is 1. The predicted molar refractivity (Wildman–Crippen MR) is 157 cm³/mol. The number of anilines is 1. The summed E-state index contributed by atoms with van der Waals surface area (Å²) in [5.41, 5.74) is 2.77. The number of nitrogens with one attached hydrogen (secondary N) is 2. The fraction of sp³-hybridized carbons (Fsp3) is 0.258. The molecule has 0 aliphatic rings. The van der Waals surface area contributed by atoms with Gasteiger partial charge in [0.05, 0.1) is 5.39 Å². The largest absolute Gasteiger partial charge is 0.508 e. The van der Waals surface area contributed by atoms with Crippen LogP contribution < -0.4 is 10.9 Å². The van der Waals surface area contributed by atoms with Crippen LogP contribution in [0.15, 0.2) is 70.8 Å². The first kappa shape index (κ1) is 29.9. The quantitative estimate of drug-likeness (QED) is 0.164. The Labute approximate surface area is 240 Å². The molecule has 0 spiro atoms. The Balaban J connectivity index is 1.71. The summed E-state index contributed by atoms with van der Waals surface area (Å²) >= 11 is 0. The number of aromatic nitrogens is 1. The van der Waals surface area contributed by atoms with E-state index in [4.69, 9.17) is 5.11 Å². The number of H-pyrrole nitrogens is 1. The number of aryl methyl sites for hydroxylation is 1. The second-order valence-electron chi connectivity index (χ2n) is 10.4. The summed E-state index contributed by atoms with van der Waals surface area (Å²) in [4.78, 5) is 52.1. The van der Waals surface area contributed by atoms with Crippen molar-refractivity contribution in [1.82, 2.24) is 9.88 Å². The lowest BCUT2D eigenvalue weighted by Gasteiger charge is -2.27. The van der Waals surface area contributed by atoms with Crippen LogP contribution in [0.1, 0.15) is 54.0 Å². The second kappa shape index (κ2) is 12.6. The molecule has 0 fully saturated rings. The van der Waals surface area contributed by atoms with Gasteiger partial charge in [0.25, 0.3) is 5.56 Å². The van der Waals surface area contributed by atoms with Gasteiger partial charge in [-0.15, -0.1) is 4.91 Å². The molecule has 11 heteroatoms. The number of benzene rings is 3. The van der Waals surface area contributed by atoms with Crippen molar-refractivity contribution in [2.24, 2.45) is 5.18 Å². The van der Waals surface area contributed by atoms with Gasteiger partial charge in [-0.2, -0.15) is 0 Å². The first-order valence-corrected chi connectivity index (χ1v) is 13.3. The Morgan fingerprint density at radius 1 is 1.10 bits per heavy atom. The number of nitrogens with zero attached hydrogens (tertiary/aromatic N) is 2. The lowest BCUT2D eigenvalue weighted by atomic mass is 9.90. The summed E-state index contributed by atoms with van der Waals surface area (Å²) in [6.07, 6.45) is 1.48. The third-order valence-corrected chi connectivity index (χ3v) is 7.31. The molecule has 1 unspecified atom stereocenters. The number of carbonyl (C=O) groups is 2. The molecule has 4 N–H and O–H groups in total. The fourth-order valence-corrected chi connectivity index (χ4v) is 5.00. The highest BCUT2D eigenvalue weighted by Gasteiger charge is 2.26. The number of amides is 1. The van der Waals surface area contributed by atoms with Gasteiger partial charge < -0.3 is 25.4 Å². The zero-order chi connectivity index (χ0) is 30.6. The van der Waals surface area contributed by atoms with E-state index in [9.17, 15) is 28.8 Å². The summed E-state index contributed by atoms with van der Waals surface area (Å²) in [6, 6.07) is 13.1. The van der Waals surface area contributed by atoms with E-state index < -0.39 is 29.3 Å². The van der Waals surface area contributed by atoms with E-state index in [0.29, 0.717) is 23.2 Å². The number of phenols is 1. The molecule has 1 amide bonds. The maximum Gasteiger partial charge on any atom is 0.303 e. The van der Waals surface area contributed by atoms with Crippen molar-refractivity contribution < 1.29 is 24.2 Å². The van der Waals surface area contributed by atoms with Gasteiger partial charge in [0, 0.05) is 42.8 Å². The van der Waals surface area contributed by atoms with Gasteiger partial charge in [0.15, 0.2) is 0 Å². The van der Waals surface area contributed by atoms with Crippen LogP contribution in [0.5, 0.6) is 5.75 Å². The third kappa shape index (κ3) is 6.63. The number of aliphatic carboxylic acids is 1. The summed E-state index contributed by atoms with van der Waals surface area (Å²) < 4.78 is 14.3. The van der Waals surface area contributed by atoms with Crippen LogP contribution in [0, 0.1) is 17.6 Å². The van der Waals surface area contributed by atoms with E-state index >= 15 is 0 Å². The number of pyridine rings is 1. The molecule has 0 aliphatic carbocycles. The average Bonchev–Trinajstić information content (AvgIpc) is 2.97. The number of rotatable bonds is 11. The normalized spacial score (nSPS) is 12.5. The van der Waals surface area contributed by atoms with E-state index in [0.717, 1.165) is 17.3 Å². The Hall–Kier alpha value is -5.06. The Bertz CT molecular complexity index is 1720. The van der Waals surface area contributed by atoms with Crippen LogP contribution in [0.3, 0.4) is 0 Å². The molecule has 42 heavy (non-hydrogen) atoms. The highest BCUT2D eigenvalue weighted by Crippen LogP contribution is 2.31. The van der Waals surface area contributed by atoms with Crippen molar-refractivity contribution in [3.05, 3.63) is 104 Å². The molecule has 1 heterocycles. The van der Waals surface area contributed by atoms with Gasteiger partial charge in [-0.05, 0) is 77.5 Å².